The van der Waals surface area contributed by atoms with Gasteiger partial charge < -0.3 is 20.1 Å². The number of anilines is 2. The summed E-state index contributed by atoms with van der Waals surface area (Å²) in [4.78, 5) is 25.6. The average molecular weight is 586 g/mol. The molecule has 0 saturated carbocycles. The van der Waals surface area contributed by atoms with E-state index in [1.165, 1.54) is 24.2 Å². The van der Waals surface area contributed by atoms with Crippen LogP contribution < -0.4 is 15.4 Å². The molecule has 3 aromatic heterocycles. The van der Waals surface area contributed by atoms with Crippen molar-refractivity contribution in [2.24, 2.45) is 0 Å². The summed E-state index contributed by atoms with van der Waals surface area (Å²) in [5.41, 5.74) is 4.78. The maximum atomic E-state index is 12.9. The van der Waals surface area contributed by atoms with Gasteiger partial charge in [-0.3, -0.25) is 9.69 Å². The molecule has 3 aliphatic rings. The highest BCUT2D eigenvalue weighted by molar-refractivity contribution is 7.13. The van der Waals surface area contributed by atoms with Crippen molar-refractivity contribution < 1.29 is 14.3 Å². The third-order valence-electron chi connectivity index (χ3n) is 8.06. The van der Waals surface area contributed by atoms with Crippen LogP contribution in [0.15, 0.2) is 49.1 Å². The van der Waals surface area contributed by atoms with Gasteiger partial charge in [0.25, 0.3) is 5.91 Å². The number of hydrogen-bond donors (Lipinski definition) is 2. The first-order valence-electron chi connectivity index (χ1n) is 14.8. The second-order valence-corrected chi connectivity index (χ2v) is 12.2. The van der Waals surface area contributed by atoms with Gasteiger partial charge in [0, 0.05) is 72.0 Å². The fraction of sp³-hybridized carbons (Fsp3) is 0.419. The van der Waals surface area contributed by atoms with E-state index < -0.39 is 0 Å². The summed E-state index contributed by atoms with van der Waals surface area (Å²) in [5, 5.41) is 11.6. The zero-order valence-corrected chi connectivity index (χ0v) is 24.4. The lowest BCUT2D eigenvalue weighted by Crippen LogP contribution is -2.18. The number of benzene rings is 1. The Kier molecular flexibility index (Phi) is 7.86. The van der Waals surface area contributed by atoms with Crippen molar-refractivity contribution in [3.05, 3.63) is 70.1 Å². The molecule has 0 spiro atoms. The molecule has 0 radical (unpaired) electrons. The fourth-order valence-electron chi connectivity index (χ4n) is 5.89. The molecule has 7 rings (SSSR count). The van der Waals surface area contributed by atoms with E-state index in [0.29, 0.717) is 18.2 Å². The zero-order valence-electron chi connectivity index (χ0n) is 23.6. The maximum absolute atomic E-state index is 12.9. The number of thiazole rings is 1. The molecule has 1 amide bonds. The summed E-state index contributed by atoms with van der Waals surface area (Å²) < 4.78 is 13.9. The van der Waals surface area contributed by atoms with Crippen LogP contribution >= 0.6 is 11.3 Å². The molecule has 3 aliphatic heterocycles. The fourth-order valence-corrected chi connectivity index (χ4v) is 6.74. The topological polar surface area (TPSA) is 106 Å². The van der Waals surface area contributed by atoms with Crippen LogP contribution in [0.5, 0.6) is 5.75 Å². The molecule has 10 nitrogen and oxygen atoms in total. The normalized spacial score (nSPS) is 18.5. The molecule has 2 fully saturated rings. The van der Waals surface area contributed by atoms with Gasteiger partial charge in [-0.05, 0) is 62.9 Å². The molecule has 0 aliphatic carbocycles. The van der Waals surface area contributed by atoms with Crippen LogP contribution in [0, 0.1) is 0 Å². The highest BCUT2D eigenvalue weighted by Crippen LogP contribution is 2.40. The molecule has 4 aromatic rings. The van der Waals surface area contributed by atoms with Crippen LogP contribution in [0.4, 0.5) is 11.5 Å². The summed E-state index contributed by atoms with van der Waals surface area (Å²) in [6.07, 6.45) is 14.1. The number of nitrogens with one attached hydrogen (secondary N) is 2. The minimum absolute atomic E-state index is 0.00487. The molecule has 1 aromatic carbocycles. The molecule has 218 valence electrons. The number of hydrogen-bond acceptors (Lipinski definition) is 9. The van der Waals surface area contributed by atoms with Gasteiger partial charge in [0.05, 0.1) is 12.8 Å². The Hall–Kier alpha value is -3.80. The Bertz CT molecular complexity index is 1560. The lowest BCUT2D eigenvalue weighted by molar-refractivity contribution is -0.0394. The number of carbonyl (C=O) groups excluding carboxylic acids is 1. The second kappa shape index (κ2) is 12.2. The number of rotatable bonds is 9. The molecular weight excluding hydrogens is 550 g/mol. The van der Waals surface area contributed by atoms with Gasteiger partial charge in [-0.15, -0.1) is 11.3 Å². The predicted octanol–water partition coefficient (Wildman–Crippen LogP) is 5.50. The van der Waals surface area contributed by atoms with E-state index >= 15 is 0 Å². The molecule has 6 heterocycles. The highest BCUT2D eigenvalue weighted by Gasteiger charge is 2.24. The minimum atomic E-state index is -0.177. The van der Waals surface area contributed by atoms with Crippen LogP contribution in [0.2, 0.25) is 0 Å². The van der Waals surface area contributed by atoms with Crippen molar-refractivity contribution in [3.63, 3.8) is 0 Å². The Morgan fingerprint density at radius 2 is 2.00 bits per heavy atom. The van der Waals surface area contributed by atoms with Gasteiger partial charge in [0.15, 0.2) is 5.01 Å². The monoisotopic (exact) mass is 585 g/mol. The third kappa shape index (κ3) is 5.90. The summed E-state index contributed by atoms with van der Waals surface area (Å²) in [5.74, 6) is 1.51. The molecule has 1 unspecified atom stereocenters. The van der Waals surface area contributed by atoms with Gasteiger partial charge in [0.1, 0.15) is 17.8 Å². The SMILES string of the molecule is O=C(Nc1cccc(CNc2ncc(-c3cnn(C4CCCCO4)c3)c3c2CCO3)c1)c1ncc(CN2CCCC2)s1. The minimum Gasteiger partial charge on any atom is -0.492 e. The number of amides is 1. The van der Waals surface area contributed by atoms with Crippen molar-refractivity contribution in [2.75, 3.05) is 36.9 Å². The summed E-state index contributed by atoms with van der Waals surface area (Å²) >= 11 is 1.47. The second-order valence-electron chi connectivity index (χ2n) is 11.1. The number of carbonyl (C=O) groups is 1. The summed E-state index contributed by atoms with van der Waals surface area (Å²) in [7, 11) is 0. The first kappa shape index (κ1) is 27.1. The third-order valence-corrected chi connectivity index (χ3v) is 9.04. The van der Waals surface area contributed by atoms with Crippen LogP contribution in [0.3, 0.4) is 0 Å². The van der Waals surface area contributed by atoms with Gasteiger partial charge >= 0.3 is 0 Å². The van der Waals surface area contributed by atoms with E-state index in [-0.39, 0.29) is 12.1 Å². The van der Waals surface area contributed by atoms with Crippen molar-refractivity contribution in [2.45, 2.75) is 57.8 Å². The molecular formula is C31H35N7O3S. The van der Waals surface area contributed by atoms with Crippen LogP contribution in [-0.4, -0.2) is 56.9 Å². The number of ether oxygens (including phenoxy) is 2. The Balaban J connectivity index is 0.997. The van der Waals surface area contributed by atoms with E-state index in [4.69, 9.17) is 14.5 Å². The van der Waals surface area contributed by atoms with Crippen molar-refractivity contribution in [1.82, 2.24) is 24.6 Å². The molecule has 2 saturated heterocycles. The lowest BCUT2D eigenvalue weighted by atomic mass is 10.1. The Labute approximate surface area is 249 Å². The number of nitrogens with zero attached hydrogens (tertiary/aromatic N) is 5. The Morgan fingerprint density at radius 1 is 1.07 bits per heavy atom. The largest absolute Gasteiger partial charge is 0.492 e. The molecule has 2 N–H and O–H groups in total. The first-order valence-corrected chi connectivity index (χ1v) is 15.6. The highest BCUT2D eigenvalue weighted by atomic mass is 32.1. The van der Waals surface area contributed by atoms with E-state index in [1.807, 2.05) is 53.7 Å². The van der Waals surface area contributed by atoms with Gasteiger partial charge in [-0.1, -0.05) is 12.1 Å². The predicted molar refractivity (Wildman–Crippen MR) is 162 cm³/mol. The quantitative estimate of drug-likeness (QED) is 0.265. The molecule has 0 bridgehead atoms. The average Bonchev–Trinajstić information content (AvgIpc) is 3.85. The maximum Gasteiger partial charge on any atom is 0.284 e. The van der Waals surface area contributed by atoms with Gasteiger partial charge in [-0.2, -0.15) is 5.10 Å². The van der Waals surface area contributed by atoms with Crippen molar-refractivity contribution in [1.29, 1.82) is 0 Å². The molecule has 1 atom stereocenters. The van der Waals surface area contributed by atoms with Crippen LogP contribution in [0.1, 0.15) is 64.1 Å². The van der Waals surface area contributed by atoms with E-state index in [1.54, 1.807) is 0 Å². The summed E-state index contributed by atoms with van der Waals surface area (Å²) in [6.45, 7) is 5.09. The van der Waals surface area contributed by atoms with E-state index in [2.05, 4.69) is 25.6 Å². The van der Waals surface area contributed by atoms with Gasteiger partial charge in [-0.25, -0.2) is 14.6 Å². The first-order chi connectivity index (χ1) is 20.7. The lowest BCUT2D eigenvalue weighted by Gasteiger charge is -2.22. The van der Waals surface area contributed by atoms with Crippen LogP contribution in [-0.2, 0) is 24.2 Å². The van der Waals surface area contributed by atoms with E-state index in [0.717, 1.165) is 96.3 Å². The van der Waals surface area contributed by atoms with Gasteiger partial charge in [0.2, 0.25) is 0 Å². The van der Waals surface area contributed by atoms with Crippen LogP contribution in [0.25, 0.3) is 11.1 Å². The zero-order chi connectivity index (χ0) is 28.3. The van der Waals surface area contributed by atoms with Crippen molar-refractivity contribution in [3.8, 4) is 16.9 Å². The Morgan fingerprint density at radius 3 is 2.88 bits per heavy atom. The summed E-state index contributed by atoms with van der Waals surface area (Å²) in [6, 6.07) is 7.87. The van der Waals surface area contributed by atoms with Crippen molar-refractivity contribution >= 4 is 28.7 Å². The number of pyridine rings is 1. The standard InChI is InChI=1S/C31H35N7O3S/c39-30(31-34-17-24(42-31)20-37-10-2-3-11-37)36-23-7-5-6-21(14-23)15-32-29-25-9-13-41-28(25)26(18-33-29)22-16-35-38(19-22)27-8-1-4-12-40-27/h5-7,14,16-19,27H,1-4,8-13,15,20H2,(H,32,33)(H,36,39). The number of aromatic nitrogens is 4. The smallest absolute Gasteiger partial charge is 0.284 e. The number of fused-ring (bicyclic) bond motifs is 1. The molecule has 42 heavy (non-hydrogen) atoms. The van der Waals surface area contributed by atoms with E-state index in [9.17, 15) is 4.79 Å². The number of likely N-dealkylation sites (tertiary alicyclic amines) is 1. The molecule has 11 heteroatoms.